The van der Waals surface area contributed by atoms with Gasteiger partial charge in [0.1, 0.15) is 10.8 Å². The van der Waals surface area contributed by atoms with Crippen LogP contribution in [0.1, 0.15) is 12.8 Å². The van der Waals surface area contributed by atoms with Crippen LogP contribution in [0.15, 0.2) is 46.0 Å². The van der Waals surface area contributed by atoms with Crippen LogP contribution in [0, 0.1) is 5.92 Å². The molecule has 1 aromatic carbocycles. The Hall–Kier alpha value is -2.10. The first-order valence-electron chi connectivity index (χ1n) is 9.09. The minimum Gasteiger partial charge on any atom is -0.493 e. The first kappa shape index (κ1) is 20.6. The Labute approximate surface area is 169 Å². The average molecular weight is 425 g/mol. The lowest BCUT2D eigenvalue weighted by molar-refractivity contribution is -0.126. The number of carbonyl (C=O) groups is 1. The molecule has 0 spiro atoms. The number of methoxy groups -OCH3 is 1. The van der Waals surface area contributed by atoms with Gasteiger partial charge < -0.3 is 14.8 Å². The molecule has 1 aliphatic heterocycles. The minimum absolute atomic E-state index is 0.144. The number of para-hydroxylation sites is 2. The molecule has 3 rings (SSSR count). The van der Waals surface area contributed by atoms with Gasteiger partial charge in [-0.05, 0) is 36.4 Å². The van der Waals surface area contributed by atoms with Crippen LogP contribution in [0.25, 0.3) is 0 Å². The van der Waals surface area contributed by atoms with Crippen molar-refractivity contribution in [1.82, 2.24) is 9.62 Å². The number of amides is 1. The molecule has 0 unspecified atom stereocenters. The number of rotatable bonds is 8. The van der Waals surface area contributed by atoms with Crippen molar-refractivity contribution >= 4 is 27.3 Å². The Morgan fingerprint density at radius 3 is 2.75 bits per heavy atom. The van der Waals surface area contributed by atoms with Gasteiger partial charge in [-0.15, -0.1) is 11.3 Å². The molecule has 0 radical (unpaired) electrons. The highest BCUT2D eigenvalue weighted by Crippen LogP contribution is 2.27. The zero-order valence-corrected chi connectivity index (χ0v) is 17.3. The predicted octanol–water partition coefficient (Wildman–Crippen LogP) is 2.35. The van der Waals surface area contributed by atoms with Gasteiger partial charge in [0, 0.05) is 13.1 Å². The highest BCUT2D eigenvalue weighted by Gasteiger charge is 2.33. The fraction of sp³-hybridized carbons (Fsp3) is 0.421. The Bertz CT molecular complexity index is 883. The van der Waals surface area contributed by atoms with Gasteiger partial charge in [0.2, 0.25) is 5.91 Å². The maximum absolute atomic E-state index is 12.7. The molecule has 2 aromatic rings. The quantitative estimate of drug-likeness (QED) is 0.658. The van der Waals surface area contributed by atoms with Crippen LogP contribution in [0.2, 0.25) is 0 Å². The largest absolute Gasteiger partial charge is 0.493 e. The number of sulfonamides is 1. The van der Waals surface area contributed by atoms with Crippen LogP contribution in [0.5, 0.6) is 11.5 Å². The molecule has 2 heterocycles. The second kappa shape index (κ2) is 9.40. The zero-order valence-electron chi connectivity index (χ0n) is 15.7. The summed E-state index contributed by atoms with van der Waals surface area (Å²) in [5, 5.41) is 4.58. The maximum atomic E-state index is 12.7. The van der Waals surface area contributed by atoms with Crippen molar-refractivity contribution in [2.45, 2.75) is 17.1 Å². The standard InChI is InChI=1S/C19H24N2O5S2/c1-25-16-7-2-3-8-17(16)26-12-10-20-19(22)15-6-4-11-21(14-15)28(23,24)18-9-5-13-27-18/h2-3,5,7-9,13,15H,4,6,10-12,14H2,1H3,(H,20,22)/t15-/m1/s1. The fourth-order valence-electron chi connectivity index (χ4n) is 3.13. The van der Waals surface area contributed by atoms with E-state index in [0.29, 0.717) is 48.2 Å². The van der Waals surface area contributed by atoms with E-state index >= 15 is 0 Å². The number of hydrogen-bond donors (Lipinski definition) is 1. The van der Waals surface area contributed by atoms with E-state index < -0.39 is 10.0 Å². The van der Waals surface area contributed by atoms with E-state index in [9.17, 15) is 13.2 Å². The second-order valence-electron chi connectivity index (χ2n) is 6.42. The molecule has 9 heteroatoms. The molecular formula is C19H24N2O5S2. The van der Waals surface area contributed by atoms with Crippen LogP contribution in [0.3, 0.4) is 0 Å². The van der Waals surface area contributed by atoms with Crippen LogP contribution < -0.4 is 14.8 Å². The van der Waals surface area contributed by atoms with Crippen molar-refractivity contribution in [2.75, 3.05) is 33.4 Å². The second-order valence-corrected chi connectivity index (χ2v) is 9.54. The zero-order chi connectivity index (χ0) is 20.0. The summed E-state index contributed by atoms with van der Waals surface area (Å²) in [7, 11) is -1.95. The van der Waals surface area contributed by atoms with Crippen LogP contribution in [-0.4, -0.2) is 52.0 Å². The van der Waals surface area contributed by atoms with Crippen molar-refractivity contribution in [3.05, 3.63) is 41.8 Å². The number of ether oxygens (including phenoxy) is 2. The number of thiophene rings is 1. The summed E-state index contributed by atoms with van der Waals surface area (Å²) in [5.74, 6) is 0.755. The summed E-state index contributed by atoms with van der Waals surface area (Å²) in [6, 6.07) is 10.6. The van der Waals surface area contributed by atoms with Gasteiger partial charge in [-0.25, -0.2) is 8.42 Å². The molecule has 1 saturated heterocycles. The Balaban J connectivity index is 1.49. The number of benzene rings is 1. The van der Waals surface area contributed by atoms with Crippen LogP contribution in [-0.2, 0) is 14.8 Å². The molecule has 1 amide bonds. The van der Waals surface area contributed by atoms with Crippen molar-refractivity contribution in [3.8, 4) is 11.5 Å². The van der Waals surface area contributed by atoms with Gasteiger partial charge in [0.05, 0.1) is 19.6 Å². The van der Waals surface area contributed by atoms with Crippen molar-refractivity contribution in [3.63, 3.8) is 0 Å². The third kappa shape index (κ3) is 4.84. The van der Waals surface area contributed by atoms with Gasteiger partial charge in [-0.2, -0.15) is 4.31 Å². The predicted molar refractivity (Wildman–Crippen MR) is 107 cm³/mol. The summed E-state index contributed by atoms with van der Waals surface area (Å²) >= 11 is 1.19. The van der Waals surface area contributed by atoms with Gasteiger partial charge in [-0.1, -0.05) is 18.2 Å². The first-order valence-corrected chi connectivity index (χ1v) is 11.4. The molecule has 152 valence electrons. The SMILES string of the molecule is COc1ccccc1OCCNC(=O)[C@@H]1CCCN(S(=O)(=O)c2cccs2)C1. The van der Waals surface area contributed by atoms with Gasteiger partial charge >= 0.3 is 0 Å². The Morgan fingerprint density at radius 1 is 1.25 bits per heavy atom. The number of nitrogens with one attached hydrogen (secondary N) is 1. The molecule has 1 N–H and O–H groups in total. The van der Waals surface area contributed by atoms with Gasteiger partial charge in [0.25, 0.3) is 10.0 Å². The Morgan fingerprint density at radius 2 is 2.04 bits per heavy atom. The third-order valence-corrected chi connectivity index (χ3v) is 7.81. The Kier molecular flexibility index (Phi) is 6.93. The van der Waals surface area contributed by atoms with E-state index in [4.69, 9.17) is 9.47 Å². The molecule has 1 aliphatic rings. The van der Waals surface area contributed by atoms with E-state index in [1.807, 2.05) is 12.1 Å². The smallest absolute Gasteiger partial charge is 0.252 e. The van der Waals surface area contributed by atoms with Gasteiger partial charge in [-0.3, -0.25) is 4.79 Å². The van der Waals surface area contributed by atoms with E-state index in [-0.39, 0.29) is 18.4 Å². The van der Waals surface area contributed by atoms with Crippen molar-refractivity contribution in [2.24, 2.45) is 5.92 Å². The normalized spacial score (nSPS) is 17.8. The number of piperidine rings is 1. The van der Waals surface area contributed by atoms with Crippen molar-refractivity contribution in [1.29, 1.82) is 0 Å². The van der Waals surface area contributed by atoms with E-state index in [1.165, 1.54) is 15.6 Å². The van der Waals surface area contributed by atoms with Crippen LogP contribution >= 0.6 is 11.3 Å². The summed E-state index contributed by atoms with van der Waals surface area (Å²) in [6.07, 6.45) is 1.34. The molecule has 7 nitrogen and oxygen atoms in total. The highest BCUT2D eigenvalue weighted by molar-refractivity contribution is 7.91. The summed E-state index contributed by atoms with van der Waals surface area (Å²) in [4.78, 5) is 12.5. The van der Waals surface area contributed by atoms with Crippen LogP contribution in [0.4, 0.5) is 0 Å². The lowest BCUT2D eigenvalue weighted by Crippen LogP contribution is -2.45. The number of carbonyl (C=O) groups excluding carboxylic acids is 1. The average Bonchev–Trinajstić information content (AvgIpc) is 3.27. The highest BCUT2D eigenvalue weighted by atomic mass is 32.2. The van der Waals surface area contributed by atoms with E-state index in [0.717, 1.165) is 0 Å². The lowest BCUT2D eigenvalue weighted by atomic mass is 9.99. The molecule has 1 aromatic heterocycles. The third-order valence-electron chi connectivity index (χ3n) is 4.57. The maximum Gasteiger partial charge on any atom is 0.252 e. The number of hydrogen-bond acceptors (Lipinski definition) is 6. The molecule has 1 fully saturated rings. The summed E-state index contributed by atoms with van der Waals surface area (Å²) in [5.41, 5.74) is 0. The number of nitrogens with zero attached hydrogens (tertiary/aromatic N) is 1. The molecule has 0 saturated carbocycles. The molecule has 0 bridgehead atoms. The molecular weight excluding hydrogens is 400 g/mol. The first-order chi connectivity index (χ1) is 13.5. The molecule has 28 heavy (non-hydrogen) atoms. The van der Waals surface area contributed by atoms with E-state index in [1.54, 1.807) is 36.8 Å². The molecule has 1 atom stereocenters. The summed E-state index contributed by atoms with van der Waals surface area (Å²) < 4.78 is 37.9. The lowest BCUT2D eigenvalue weighted by Gasteiger charge is -2.30. The van der Waals surface area contributed by atoms with Gasteiger partial charge in [0.15, 0.2) is 11.5 Å². The molecule has 0 aliphatic carbocycles. The minimum atomic E-state index is -3.52. The monoisotopic (exact) mass is 424 g/mol. The van der Waals surface area contributed by atoms with E-state index in [2.05, 4.69) is 5.32 Å². The van der Waals surface area contributed by atoms with Crippen molar-refractivity contribution < 1.29 is 22.7 Å². The fourth-order valence-corrected chi connectivity index (χ4v) is 5.80. The summed E-state index contributed by atoms with van der Waals surface area (Å²) in [6.45, 7) is 1.29. The topological polar surface area (TPSA) is 84.9 Å².